The fourth-order valence-electron chi connectivity index (χ4n) is 1.62. The number of hydrogen-bond acceptors (Lipinski definition) is 4. The zero-order valence-corrected chi connectivity index (χ0v) is 11.7. The predicted molar refractivity (Wildman–Crippen MR) is 74.4 cm³/mol. The number of rotatable bonds is 7. The van der Waals surface area contributed by atoms with Crippen LogP contribution in [-0.2, 0) is 11.3 Å². The number of carbonyl (C=O) groups excluding carboxylic acids is 1. The monoisotopic (exact) mass is 281 g/mol. The first-order valence-electron chi connectivity index (χ1n) is 6.54. The van der Waals surface area contributed by atoms with Crippen LogP contribution in [0, 0.1) is 16.0 Å². The van der Waals surface area contributed by atoms with Crippen molar-refractivity contribution in [1.82, 2.24) is 9.88 Å². The summed E-state index contributed by atoms with van der Waals surface area (Å²) in [7, 11) is 0. The Hall–Kier alpha value is -2.18. The molecular weight excluding hydrogens is 262 g/mol. The number of unbranched alkanes of at least 4 members (excludes halogenated alkanes) is 1. The van der Waals surface area contributed by atoms with E-state index in [1.807, 2.05) is 13.8 Å². The van der Waals surface area contributed by atoms with Crippen LogP contribution in [0.25, 0.3) is 0 Å². The number of aryl methyl sites for hydroxylation is 1. The first-order valence-corrected chi connectivity index (χ1v) is 6.54. The summed E-state index contributed by atoms with van der Waals surface area (Å²) >= 11 is 0. The first-order chi connectivity index (χ1) is 9.41. The van der Waals surface area contributed by atoms with Crippen molar-refractivity contribution in [2.45, 2.75) is 33.2 Å². The first kappa shape index (κ1) is 15.9. The topological polar surface area (TPSA) is 94.2 Å². The number of aromatic nitrogens is 1. The number of nitro groups is 1. The van der Waals surface area contributed by atoms with Gasteiger partial charge in [0.25, 0.3) is 11.2 Å². The van der Waals surface area contributed by atoms with Crippen LogP contribution in [0.15, 0.2) is 23.1 Å². The predicted octanol–water partition coefficient (Wildman–Crippen LogP) is 1.31. The summed E-state index contributed by atoms with van der Waals surface area (Å²) in [6.45, 7) is 4.58. The van der Waals surface area contributed by atoms with Gasteiger partial charge in [-0.1, -0.05) is 13.8 Å². The van der Waals surface area contributed by atoms with Gasteiger partial charge in [0.1, 0.15) is 0 Å². The second-order valence-corrected chi connectivity index (χ2v) is 4.83. The fourth-order valence-corrected chi connectivity index (χ4v) is 1.62. The summed E-state index contributed by atoms with van der Waals surface area (Å²) in [5, 5.41) is 13.4. The van der Waals surface area contributed by atoms with E-state index in [-0.39, 0.29) is 23.1 Å². The maximum atomic E-state index is 11.5. The number of nitrogens with zero attached hydrogens (tertiary/aromatic N) is 2. The molecule has 0 unspecified atom stereocenters. The molecule has 1 amide bonds. The van der Waals surface area contributed by atoms with Gasteiger partial charge in [0, 0.05) is 31.1 Å². The summed E-state index contributed by atoms with van der Waals surface area (Å²) in [4.78, 5) is 32.9. The highest BCUT2D eigenvalue weighted by molar-refractivity contribution is 5.77. The van der Waals surface area contributed by atoms with E-state index in [0.717, 1.165) is 0 Å². The van der Waals surface area contributed by atoms with Crippen LogP contribution in [0.3, 0.4) is 0 Å². The molecular formula is C13H19N3O4. The Labute approximate surface area is 116 Å². The Morgan fingerprint density at radius 3 is 2.70 bits per heavy atom. The Kier molecular flexibility index (Phi) is 5.89. The van der Waals surface area contributed by atoms with E-state index in [1.165, 1.54) is 22.9 Å². The average Bonchev–Trinajstić information content (AvgIpc) is 2.39. The third kappa shape index (κ3) is 4.83. The Morgan fingerprint density at radius 1 is 1.40 bits per heavy atom. The molecule has 0 aliphatic heterocycles. The number of carbonyl (C=O) groups is 1. The average molecular weight is 281 g/mol. The number of pyridine rings is 1. The summed E-state index contributed by atoms with van der Waals surface area (Å²) in [6, 6.07) is 2.39. The van der Waals surface area contributed by atoms with E-state index in [9.17, 15) is 19.7 Å². The molecule has 1 rings (SSSR count). The molecule has 0 saturated heterocycles. The number of hydrogen-bond donors (Lipinski definition) is 1. The molecule has 1 aromatic heterocycles. The molecule has 0 fully saturated rings. The molecule has 0 spiro atoms. The zero-order chi connectivity index (χ0) is 15.1. The fraction of sp³-hybridized carbons (Fsp3) is 0.538. The van der Waals surface area contributed by atoms with Gasteiger partial charge in [-0.2, -0.15) is 0 Å². The smallest absolute Gasteiger partial charge is 0.285 e. The lowest BCUT2D eigenvalue weighted by molar-refractivity contribution is -0.385. The molecule has 1 N–H and O–H groups in total. The summed E-state index contributed by atoms with van der Waals surface area (Å²) < 4.78 is 1.32. The number of nitrogens with one attached hydrogen (secondary N) is 1. The van der Waals surface area contributed by atoms with Crippen LogP contribution in [0.1, 0.15) is 26.7 Å². The SMILES string of the molecule is CC(C)C(=O)NCCCCn1cc([N+](=O)[O-])ccc1=O. The van der Waals surface area contributed by atoms with Gasteiger partial charge >= 0.3 is 0 Å². The van der Waals surface area contributed by atoms with Crippen molar-refractivity contribution in [2.24, 2.45) is 5.92 Å². The molecule has 7 nitrogen and oxygen atoms in total. The second-order valence-electron chi connectivity index (χ2n) is 4.83. The van der Waals surface area contributed by atoms with Crippen molar-refractivity contribution in [3.05, 3.63) is 38.8 Å². The van der Waals surface area contributed by atoms with Crippen molar-refractivity contribution in [3.63, 3.8) is 0 Å². The van der Waals surface area contributed by atoms with Crippen LogP contribution in [-0.4, -0.2) is 21.9 Å². The van der Waals surface area contributed by atoms with Crippen LogP contribution in [0.4, 0.5) is 5.69 Å². The lowest BCUT2D eigenvalue weighted by Crippen LogP contribution is -2.28. The van der Waals surface area contributed by atoms with Crippen molar-refractivity contribution in [3.8, 4) is 0 Å². The zero-order valence-electron chi connectivity index (χ0n) is 11.7. The molecule has 0 bridgehead atoms. The standard InChI is InChI=1S/C13H19N3O4/c1-10(2)13(18)14-7-3-4-8-15-9-11(16(19)20)5-6-12(15)17/h5-6,9-10H,3-4,7-8H2,1-2H3,(H,14,18). The van der Waals surface area contributed by atoms with Gasteiger partial charge in [-0.15, -0.1) is 0 Å². The van der Waals surface area contributed by atoms with Crippen LogP contribution in [0.2, 0.25) is 0 Å². The van der Waals surface area contributed by atoms with E-state index in [0.29, 0.717) is 25.9 Å². The normalized spacial score (nSPS) is 10.6. The second kappa shape index (κ2) is 7.42. The molecule has 0 aromatic carbocycles. The van der Waals surface area contributed by atoms with Gasteiger partial charge in [0.2, 0.25) is 5.91 Å². The Bertz CT molecular complexity index is 537. The van der Waals surface area contributed by atoms with Crippen LogP contribution >= 0.6 is 0 Å². The summed E-state index contributed by atoms with van der Waals surface area (Å²) in [6.07, 6.45) is 2.63. The molecule has 1 aromatic rings. The van der Waals surface area contributed by atoms with Gasteiger partial charge in [-0.3, -0.25) is 19.7 Å². The maximum Gasteiger partial charge on any atom is 0.285 e. The van der Waals surface area contributed by atoms with Gasteiger partial charge in [0.15, 0.2) is 0 Å². The Balaban J connectivity index is 2.42. The van der Waals surface area contributed by atoms with Crippen molar-refractivity contribution in [1.29, 1.82) is 0 Å². The molecule has 110 valence electrons. The number of amides is 1. The minimum absolute atomic E-state index is 0.00230. The van der Waals surface area contributed by atoms with E-state index in [1.54, 1.807) is 0 Å². The molecule has 0 atom stereocenters. The molecule has 0 radical (unpaired) electrons. The highest BCUT2D eigenvalue weighted by Crippen LogP contribution is 2.07. The van der Waals surface area contributed by atoms with Crippen molar-refractivity contribution in [2.75, 3.05) is 6.54 Å². The van der Waals surface area contributed by atoms with Gasteiger partial charge in [-0.05, 0) is 12.8 Å². The lowest BCUT2D eigenvalue weighted by atomic mass is 10.2. The molecule has 0 saturated carbocycles. The molecule has 0 aliphatic carbocycles. The van der Waals surface area contributed by atoms with Crippen LogP contribution < -0.4 is 10.9 Å². The summed E-state index contributed by atoms with van der Waals surface area (Å²) in [5.74, 6) is -0.0492. The van der Waals surface area contributed by atoms with Crippen molar-refractivity contribution < 1.29 is 9.72 Å². The minimum atomic E-state index is -0.529. The molecule has 20 heavy (non-hydrogen) atoms. The molecule has 7 heteroatoms. The third-order valence-corrected chi connectivity index (χ3v) is 2.83. The van der Waals surface area contributed by atoms with Gasteiger partial charge in [0.05, 0.1) is 11.1 Å². The minimum Gasteiger partial charge on any atom is -0.356 e. The van der Waals surface area contributed by atoms with E-state index in [4.69, 9.17) is 0 Å². The summed E-state index contributed by atoms with van der Waals surface area (Å²) in [5.41, 5.74) is -0.362. The van der Waals surface area contributed by atoms with E-state index >= 15 is 0 Å². The highest BCUT2D eigenvalue weighted by Gasteiger charge is 2.08. The molecule has 1 heterocycles. The maximum absolute atomic E-state index is 11.5. The third-order valence-electron chi connectivity index (χ3n) is 2.83. The quantitative estimate of drug-likeness (QED) is 0.463. The highest BCUT2D eigenvalue weighted by atomic mass is 16.6. The van der Waals surface area contributed by atoms with Gasteiger partial charge < -0.3 is 9.88 Å². The van der Waals surface area contributed by atoms with Gasteiger partial charge in [-0.25, -0.2) is 0 Å². The van der Waals surface area contributed by atoms with E-state index < -0.39 is 4.92 Å². The molecule has 0 aliphatic rings. The van der Waals surface area contributed by atoms with Crippen molar-refractivity contribution >= 4 is 11.6 Å². The Morgan fingerprint density at radius 2 is 2.10 bits per heavy atom. The van der Waals surface area contributed by atoms with Crippen LogP contribution in [0.5, 0.6) is 0 Å². The lowest BCUT2D eigenvalue weighted by Gasteiger charge is -2.08. The van der Waals surface area contributed by atoms with E-state index in [2.05, 4.69) is 5.32 Å². The largest absolute Gasteiger partial charge is 0.356 e.